The Bertz CT molecular complexity index is 110. The lowest BCUT2D eigenvalue weighted by Crippen LogP contribution is -2.35. The third-order valence-corrected chi connectivity index (χ3v) is 2.06. The van der Waals surface area contributed by atoms with E-state index in [1.165, 1.54) is 0 Å². The predicted molar refractivity (Wildman–Crippen MR) is 39.8 cm³/mol. The van der Waals surface area contributed by atoms with E-state index in [1.54, 1.807) is 0 Å². The summed E-state index contributed by atoms with van der Waals surface area (Å²) in [5.41, 5.74) is -0.00829. The molecule has 2 heteroatoms. The van der Waals surface area contributed by atoms with Crippen LogP contribution in [0, 0.1) is 5.92 Å². The number of rotatable bonds is 1. The molecule has 60 valence electrons. The quantitative estimate of drug-likeness (QED) is 0.599. The van der Waals surface area contributed by atoms with Crippen molar-refractivity contribution in [2.75, 3.05) is 13.2 Å². The Morgan fingerprint density at radius 1 is 1.60 bits per heavy atom. The molecule has 0 bridgehead atoms. The van der Waals surface area contributed by atoms with Crippen LogP contribution in [0.15, 0.2) is 0 Å². The molecule has 0 aromatic heterocycles. The molecule has 0 radical (unpaired) electrons. The molecule has 0 unspecified atom stereocenters. The topological polar surface area (TPSA) is 29.5 Å². The monoisotopic (exact) mass is 144 g/mol. The van der Waals surface area contributed by atoms with Gasteiger partial charge < -0.3 is 9.84 Å². The molecule has 1 N–H and O–H groups in total. The second kappa shape index (κ2) is 2.89. The molecule has 1 aliphatic rings. The fourth-order valence-electron chi connectivity index (χ4n) is 1.51. The van der Waals surface area contributed by atoms with Gasteiger partial charge in [-0.1, -0.05) is 0 Å². The van der Waals surface area contributed by atoms with E-state index in [2.05, 4.69) is 13.8 Å². The molecule has 0 aromatic rings. The minimum atomic E-state index is -0.00829. The third-order valence-electron chi connectivity index (χ3n) is 2.06. The van der Waals surface area contributed by atoms with E-state index < -0.39 is 0 Å². The first-order valence-corrected chi connectivity index (χ1v) is 3.89. The van der Waals surface area contributed by atoms with Crippen LogP contribution in [0.5, 0.6) is 0 Å². The first-order chi connectivity index (χ1) is 4.64. The van der Waals surface area contributed by atoms with Gasteiger partial charge in [0.2, 0.25) is 0 Å². The van der Waals surface area contributed by atoms with Crippen LogP contribution in [0.2, 0.25) is 0 Å². The second-order valence-corrected chi connectivity index (χ2v) is 3.65. The molecule has 0 aromatic carbocycles. The standard InChI is InChI=1S/C8H16O2/c1-8(2)5-7(6-9)3-4-10-8/h7,9H,3-6H2,1-2H3/t7-/m1/s1. The second-order valence-electron chi connectivity index (χ2n) is 3.65. The summed E-state index contributed by atoms with van der Waals surface area (Å²) in [7, 11) is 0. The molecular formula is C8H16O2. The maximum Gasteiger partial charge on any atom is 0.0630 e. The molecule has 1 saturated heterocycles. The van der Waals surface area contributed by atoms with Gasteiger partial charge in [-0.05, 0) is 32.6 Å². The fraction of sp³-hybridized carbons (Fsp3) is 1.00. The van der Waals surface area contributed by atoms with Gasteiger partial charge in [-0.15, -0.1) is 0 Å². The van der Waals surface area contributed by atoms with E-state index >= 15 is 0 Å². The Balaban J connectivity index is 2.40. The van der Waals surface area contributed by atoms with Gasteiger partial charge in [0, 0.05) is 13.2 Å². The van der Waals surface area contributed by atoms with Gasteiger partial charge in [0.05, 0.1) is 5.60 Å². The van der Waals surface area contributed by atoms with Gasteiger partial charge in [0.1, 0.15) is 0 Å². The molecule has 2 nitrogen and oxygen atoms in total. The van der Waals surface area contributed by atoms with E-state index in [-0.39, 0.29) is 5.60 Å². The Morgan fingerprint density at radius 3 is 2.70 bits per heavy atom. The molecule has 1 rings (SSSR count). The molecule has 0 aliphatic carbocycles. The summed E-state index contributed by atoms with van der Waals surface area (Å²) in [4.78, 5) is 0. The smallest absolute Gasteiger partial charge is 0.0630 e. The zero-order valence-electron chi connectivity index (χ0n) is 6.76. The third kappa shape index (κ3) is 1.96. The lowest BCUT2D eigenvalue weighted by atomic mass is 9.89. The summed E-state index contributed by atoms with van der Waals surface area (Å²) in [6.07, 6.45) is 2.00. The summed E-state index contributed by atoms with van der Waals surface area (Å²) < 4.78 is 5.49. The number of aliphatic hydroxyl groups excluding tert-OH is 1. The molecule has 1 fully saturated rings. The molecule has 0 saturated carbocycles. The van der Waals surface area contributed by atoms with Crippen LogP contribution in [0.25, 0.3) is 0 Å². The van der Waals surface area contributed by atoms with Crippen molar-refractivity contribution in [3.05, 3.63) is 0 Å². The van der Waals surface area contributed by atoms with Crippen LogP contribution in [0.4, 0.5) is 0 Å². The summed E-state index contributed by atoms with van der Waals surface area (Å²) in [5.74, 6) is 0.462. The molecule has 1 aliphatic heterocycles. The van der Waals surface area contributed by atoms with E-state index in [0.717, 1.165) is 19.4 Å². The fourth-order valence-corrected chi connectivity index (χ4v) is 1.51. The maximum atomic E-state index is 8.87. The highest BCUT2D eigenvalue weighted by molar-refractivity contribution is 4.77. The Kier molecular flexibility index (Phi) is 2.32. The van der Waals surface area contributed by atoms with Crippen molar-refractivity contribution >= 4 is 0 Å². The number of ether oxygens (including phenoxy) is 1. The van der Waals surface area contributed by atoms with Gasteiger partial charge in [-0.3, -0.25) is 0 Å². The Hall–Kier alpha value is -0.0800. The van der Waals surface area contributed by atoms with Crippen molar-refractivity contribution < 1.29 is 9.84 Å². The molecule has 1 heterocycles. The van der Waals surface area contributed by atoms with Gasteiger partial charge in [-0.25, -0.2) is 0 Å². The first-order valence-electron chi connectivity index (χ1n) is 3.89. The zero-order valence-corrected chi connectivity index (χ0v) is 6.76. The van der Waals surface area contributed by atoms with Crippen molar-refractivity contribution in [3.8, 4) is 0 Å². The van der Waals surface area contributed by atoms with Crippen molar-refractivity contribution in [3.63, 3.8) is 0 Å². The van der Waals surface area contributed by atoms with Gasteiger partial charge in [0.25, 0.3) is 0 Å². The molecule has 10 heavy (non-hydrogen) atoms. The summed E-state index contributed by atoms with van der Waals surface area (Å²) in [6.45, 7) is 5.27. The number of hydrogen-bond donors (Lipinski definition) is 1. The summed E-state index contributed by atoms with van der Waals surface area (Å²) >= 11 is 0. The average molecular weight is 144 g/mol. The van der Waals surface area contributed by atoms with Crippen molar-refractivity contribution in [1.82, 2.24) is 0 Å². The van der Waals surface area contributed by atoms with Crippen LogP contribution >= 0.6 is 0 Å². The zero-order chi connectivity index (χ0) is 7.61. The highest BCUT2D eigenvalue weighted by Crippen LogP contribution is 2.27. The van der Waals surface area contributed by atoms with Crippen molar-refractivity contribution in [2.24, 2.45) is 5.92 Å². The van der Waals surface area contributed by atoms with Gasteiger partial charge in [0.15, 0.2) is 0 Å². The van der Waals surface area contributed by atoms with E-state index in [0.29, 0.717) is 12.5 Å². The SMILES string of the molecule is CC1(C)C[C@H](CO)CCO1. The first kappa shape index (κ1) is 8.02. The van der Waals surface area contributed by atoms with Crippen LogP contribution in [0.1, 0.15) is 26.7 Å². The average Bonchev–Trinajstić information content (AvgIpc) is 1.86. The minimum absolute atomic E-state index is 0.00829. The van der Waals surface area contributed by atoms with Crippen molar-refractivity contribution in [1.29, 1.82) is 0 Å². The lowest BCUT2D eigenvalue weighted by molar-refractivity contribution is -0.0802. The van der Waals surface area contributed by atoms with Gasteiger partial charge >= 0.3 is 0 Å². The molecule has 1 atom stereocenters. The van der Waals surface area contributed by atoms with Crippen molar-refractivity contribution in [2.45, 2.75) is 32.3 Å². The van der Waals surface area contributed by atoms with Crippen LogP contribution in [0.3, 0.4) is 0 Å². The number of aliphatic hydroxyl groups is 1. The van der Waals surface area contributed by atoms with E-state index in [1.807, 2.05) is 0 Å². The molecule has 0 spiro atoms. The maximum absolute atomic E-state index is 8.87. The van der Waals surface area contributed by atoms with Gasteiger partial charge in [-0.2, -0.15) is 0 Å². The normalized spacial score (nSPS) is 32.1. The Morgan fingerprint density at radius 2 is 2.30 bits per heavy atom. The highest BCUT2D eigenvalue weighted by atomic mass is 16.5. The highest BCUT2D eigenvalue weighted by Gasteiger charge is 2.27. The summed E-state index contributed by atoms with van der Waals surface area (Å²) in [6, 6.07) is 0. The van der Waals surface area contributed by atoms with Crippen LogP contribution in [-0.2, 0) is 4.74 Å². The number of hydrogen-bond acceptors (Lipinski definition) is 2. The molecule has 0 amide bonds. The van der Waals surface area contributed by atoms with Crippen LogP contribution in [-0.4, -0.2) is 23.9 Å². The van der Waals surface area contributed by atoms with E-state index in [4.69, 9.17) is 9.84 Å². The van der Waals surface area contributed by atoms with E-state index in [9.17, 15) is 0 Å². The Labute approximate surface area is 62.2 Å². The summed E-state index contributed by atoms with van der Waals surface area (Å²) in [5, 5.41) is 8.87. The van der Waals surface area contributed by atoms with Crippen LogP contribution < -0.4 is 0 Å². The molecular weight excluding hydrogens is 128 g/mol. The lowest BCUT2D eigenvalue weighted by Gasteiger charge is -2.34. The largest absolute Gasteiger partial charge is 0.396 e. The minimum Gasteiger partial charge on any atom is -0.396 e. The predicted octanol–water partition coefficient (Wildman–Crippen LogP) is 1.18.